The molecular weight excluding hydrogens is 327 g/mol. The van der Waals surface area contributed by atoms with Gasteiger partial charge in [-0.3, -0.25) is 9.69 Å². The highest BCUT2D eigenvalue weighted by molar-refractivity contribution is 5.83. The molecule has 4 heteroatoms. The Morgan fingerprint density at radius 3 is 2.58 bits per heavy atom. The van der Waals surface area contributed by atoms with Crippen molar-refractivity contribution in [3.8, 4) is 0 Å². The smallest absolute Gasteiger partial charge is 0.229 e. The first-order valence-corrected chi connectivity index (χ1v) is 10.4. The van der Waals surface area contributed by atoms with E-state index in [2.05, 4.69) is 9.80 Å². The quantitative estimate of drug-likeness (QED) is 0.812. The van der Waals surface area contributed by atoms with E-state index in [0.717, 1.165) is 50.8 Å². The average Bonchev–Trinajstić information content (AvgIpc) is 3.33. The molecule has 1 atom stereocenters. The number of hydrogen-bond donors (Lipinski definition) is 0. The van der Waals surface area contributed by atoms with Crippen LogP contribution in [0, 0.1) is 11.2 Å². The van der Waals surface area contributed by atoms with Gasteiger partial charge in [0.15, 0.2) is 0 Å². The fourth-order valence-corrected chi connectivity index (χ4v) is 5.40. The summed E-state index contributed by atoms with van der Waals surface area (Å²) in [7, 11) is 0. The van der Waals surface area contributed by atoms with Crippen LogP contribution in [0.2, 0.25) is 0 Å². The maximum atomic E-state index is 13.7. The van der Waals surface area contributed by atoms with Gasteiger partial charge in [-0.25, -0.2) is 4.39 Å². The topological polar surface area (TPSA) is 23.6 Å². The summed E-state index contributed by atoms with van der Waals surface area (Å²) in [6, 6.07) is 7.39. The van der Waals surface area contributed by atoms with Crippen molar-refractivity contribution in [3.63, 3.8) is 0 Å². The molecule has 1 saturated carbocycles. The molecule has 1 aliphatic carbocycles. The molecule has 3 fully saturated rings. The zero-order valence-corrected chi connectivity index (χ0v) is 15.8. The first-order valence-electron chi connectivity index (χ1n) is 10.4. The summed E-state index contributed by atoms with van der Waals surface area (Å²) in [4.78, 5) is 18.3. The molecular formula is C22H31FN2O. The fraction of sp³-hybridized carbons (Fsp3) is 0.682. The monoisotopic (exact) mass is 358 g/mol. The van der Waals surface area contributed by atoms with Crippen LogP contribution in [-0.2, 0) is 11.2 Å². The maximum absolute atomic E-state index is 13.7. The first kappa shape index (κ1) is 18.0. The normalized spacial score (nSPS) is 26.3. The van der Waals surface area contributed by atoms with Crippen LogP contribution < -0.4 is 0 Å². The summed E-state index contributed by atoms with van der Waals surface area (Å²) < 4.78 is 13.7. The van der Waals surface area contributed by atoms with E-state index in [1.807, 2.05) is 6.07 Å². The third kappa shape index (κ3) is 3.66. The number of carbonyl (C=O) groups is 1. The summed E-state index contributed by atoms with van der Waals surface area (Å²) in [5.41, 5.74) is 0.655. The molecule has 4 rings (SSSR count). The van der Waals surface area contributed by atoms with Crippen LogP contribution in [0.1, 0.15) is 56.9 Å². The number of hydrogen-bond acceptors (Lipinski definition) is 2. The van der Waals surface area contributed by atoms with Crippen molar-refractivity contribution in [1.29, 1.82) is 0 Å². The van der Waals surface area contributed by atoms with Gasteiger partial charge in [0.05, 0.1) is 5.41 Å². The molecule has 1 amide bonds. The number of carbonyl (C=O) groups excluding carboxylic acids is 1. The van der Waals surface area contributed by atoms with Gasteiger partial charge in [0.1, 0.15) is 5.82 Å². The van der Waals surface area contributed by atoms with E-state index in [9.17, 15) is 9.18 Å². The lowest BCUT2D eigenvalue weighted by Gasteiger charge is -2.39. The Morgan fingerprint density at radius 2 is 1.85 bits per heavy atom. The van der Waals surface area contributed by atoms with Gasteiger partial charge in [-0.15, -0.1) is 0 Å². The van der Waals surface area contributed by atoms with Crippen molar-refractivity contribution >= 4 is 5.91 Å². The second kappa shape index (κ2) is 7.67. The summed E-state index contributed by atoms with van der Waals surface area (Å²) in [6.07, 6.45) is 9.75. The van der Waals surface area contributed by atoms with Crippen LogP contribution in [0.25, 0.3) is 0 Å². The van der Waals surface area contributed by atoms with E-state index < -0.39 is 0 Å². The Hall–Kier alpha value is -1.42. The molecule has 142 valence electrons. The lowest BCUT2D eigenvalue weighted by molar-refractivity contribution is -0.143. The Balaban J connectivity index is 1.49. The molecule has 0 N–H and O–H groups in total. The van der Waals surface area contributed by atoms with Gasteiger partial charge in [-0.2, -0.15) is 0 Å². The van der Waals surface area contributed by atoms with Crippen molar-refractivity contribution in [2.45, 2.75) is 63.8 Å². The average molecular weight is 359 g/mol. The Kier molecular flexibility index (Phi) is 5.30. The second-order valence-electron chi connectivity index (χ2n) is 8.58. The minimum absolute atomic E-state index is 0.198. The highest BCUT2D eigenvalue weighted by atomic mass is 19.1. The van der Waals surface area contributed by atoms with E-state index in [4.69, 9.17) is 0 Å². The Bertz CT molecular complexity index is 635. The van der Waals surface area contributed by atoms with E-state index in [0.29, 0.717) is 18.4 Å². The van der Waals surface area contributed by atoms with Crippen LogP contribution in [0.3, 0.4) is 0 Å². The lowest BCUT2D eigenvalue weighted by atomic mass is 9.69. The highest BCUT2D eigenvalue weighted by Crippen LogP contribution is 2.42. The first-order chi connectivity index (χ1) is 12.7. The van der Waals surface area contributed by atoms with Crippen molar-refractivity contribution < 1.29 is 9.18 Å². The number of nitrogens with zero attached hydrogens (tertiary/aromatic N) is 2. The molecule has 3 aliphatic rings. The summed E-state index contributed by atoms with van der Waals surface area (Å²) in [6.45, 7) is 4.18. The van der Waals surface area contributed by atoms with Crippen molar-refractivity contribution in [2.24, 2.45) is 5.41 Å². The zero-order valence-electron chi connectivity index (χ0n) is 15.8. The largest absolute Gasteiger partial charge is 0.341 e. The van der Waals surface area contributed by atoms with Gasteiger partial charge in [0.25, 0.3) is 0 Å². The third-order valence-electron chi connectivity index (χ3n) is 6.80. The van der Waals surface area contributed by atoms with Crippen LogP contribution in [0.4, 0.5) is 4.39 Å². The number of likely N-dealkylation sites (tertiary alicyclic amines) is 2. The molecule has 1 aromatic rings. The number of benzene rings is 1. The molecule has 1 unspecified atom stereocenters. The SMILES string of the molecule is O=C(N1CCC(N2CCCC2)C1)C1(Cc2cccc(F)c2)CCCCC1. The van der Waals surface area contributed by atoms with Gasteiger partial charge in [-0.1, -0.05) is 31.4 Å². The predicted octanol–water partition coefficient (Wildman–Crippen LogP) is 4.02. The van der Waals surface area contributed by atoms with Gasteiger partial charge in [0.2, 0.25) is 5.91 Å². The van der Waals surface area contributed by atoms with Crippen LogP contribution >= 0.6 is 0 Å². The molecule has 2 aliphatic heterocycles. The van der Waals surface area contributed by atoms with E-state index in [-0.39, 0.29) is 11.2 Å². The van der Waals surface area contributed by atoms with Gasteiger partial charge < -0.3 is 4.90 Å². The Labute approximate surface area is 156 Å². The van der Waals surface area contributed by atoms with Crippen molar-refractivity contribution in [1.82, 2.24) is 9.80 Å². The van der Waals surface area contributed by atoms with Gasteiger partial charge in [0, 0.05) is 19.1 Å². The van der Waals surface area contributed by atoms with Crippen molar-refractivity contribution in [3.05, 3.63) is 35.6 Å². The molecule has 0 aromatic heterocycles. The zero-order chi connectivity index (χ0) is 18.0. The standard InChI is InChI=1S/C22H31FN2O/c23-19-8-6-7-18(15-19)16-22(10-2-1-3-11-22)21(26)25-14-9-20(17-25)24-12-4-5-13-24/h6-8,15,20H,1-5,9-14,16-17H2. The van der Waals surface area contributed by atoms with E-state index >= 15 is 0 Å². The maximum Gasteiger partial charge on any atom is 0.229 e. The minimum Gasteiger partial charge on any atom is -0.341 e. The molecule has 26 heavy (non-hydrogen) atoms. The number of rotatable bonds is 4. The summed E-state index contributed by atoms with van der Waals surface area (Å²) >= 11 is 0. The van der Waals surface area contributed by atoms with E-state index in [1.54, 1.807) is 12.1 Å². The van der Waals surface area contributed by atoms with Crippen LogP contribution in [0.15, 0.2) is 24.3 Å². The molecule has 2 saturated heterocycles. The van der Waals surface area contributed by atoms with Gasteiger partial charge in [-0.05, 0) is 69.3 Å². The van der Waals surface area contributed by atoms with Crippen LogP contribution in [0.5, 0.6) is 0 Å². The van der Waals surface area contributed by atoms with Crippen LogP contribution in [-0.4, -0.2) is 47.9 Å². The number of amides is 1. The molecule has 0 spiro atoms. The lowest BCUT2D eigenvalue weighted by Crippen LogP contribution is -2.46. The summed E-state index contributed by atoms with van der Waals surface area (Å²) in [5, 5.41) is 0. The summed E-state index contributed by atoms with van der Waals surface area (Å²) in [5.74, 6) is 0.138. The number of halogens is 1. The molecule has 3 nitrogen and oxygen atoms in total. The molecule has 0 radical (unpaired) electrons. The van der Waals surface area contributed by atoms with Crippen molar-refractivity contribution in [2.75, 3.05) is 26.2 Å². The molecule has 0 bridgehead atoms. The van der Waals surface area contributed by atoms with Gasteiger partial charge >= 0.3 is 0 Å². The Morgan fingerprint density at radius 1 is 1.08 bits per heavy atom. The third-order valence-corrected chi connectivity index (χ3v) is 6.80. The van der Waals surface area contributed by atoms with E-state index in [1.165, 1.54) is 38.4 Å². The molecule has 1 aromatic carbocycles. The fourth-order valence-electron chi connectivity index (χ4n) is 5.40. The second-order valence-corrected chi connectivity index (χ2v) is 8.58. The predicted molar refractivity (Wildman–Crippen MR) is 101 cm³/mol. The minimum atomic E-state index is -0.314. The highest BCUT2D eigenvalue weighted by Gasteiger charge is 2.44. The molecule has 2 heterocycles.